The Hall–Kier alpha value is -2.40. The molecule has 24 heavy (non-hydrogen) atoms. The average molecular weight is 349 g/mol. The molecule has 0 saturated carbocycles. The minimum atomic E-state index is -0.483. The molecule has 0 unspecified atom stereocenters. The highest BCUT2D eigenvalue weighted by molar-refractivity contribution is 6.32. The fourth-order valence-corrected chi connectivity index (χ4v) is 2.49. The van der Waals surface area contributed by atoms with Gasteiger partial charge in [-0.1, -0.05) is 23.7 Å². The summed E-state index contributed by atoms with van der Waals surface area (Å²) in [5.41, 5.74) is 2.46. The number of methoxy groups -OCH3 is 2. The quantitative estimate of drug-likeness (QED) is 0.825. The van der Waals surface area contributed by atoms with Gasteiger partial charge < -0.3 is 20.1 Å². The molecule has 1 amide bonds. The van der Waals surface area contributed by atoms with Crippen molar-refractivity contribution >= 4 is 28.9 Å². The molecule has 0 aliphatic heterocycles. The number of hydrogen-bond donors (Lipinski definition) is 2. The summed E-state index contributed by atoms with van der Waals surface area (Å²) in [7, 11) is 3.08. The number of hydrogen-bond acceptors (Lipinski definition) is 4. The van der Waals surface area contributed by atoms with Gasteiger partial charge in [-0.05, 0) is 37.6 Å². The molecule has 0 saturated heterocycles. The maximum Gasteiger partial charge on any atom is 0.246 e. The summed E-state index contributed by atoms with van der Waals surface area (Å²) >= 11 is 6.15. The first-order chi connectivity index (χ1) is 11.4. The Bertz CT molecular complexity index is 734. The van der Waals surface area contributed by atoms with Crippen molar-refractivity contribution in [3.05, 3.63) is 47.0 Å². The van der Waals surface area contributed by atoms with Gasteiger partial charge in [-0.15, -0.1) is 0 Å². The van der Waals surface area contributed by atoms with E-state index >= 15 is 0 Å². The molecule has 6 heteroatoms. The van der Waals surface area contributed by atoms with E-state index in [0.29, 0.717) is 22.2 Å². The molecule has 0 aliphatic carbocycles. The standard InChI is InChI=1S/C18H21ClN2O3/c1-11-6-5-7-13(8-11)21-18(22)12(2)20-15-9-14(19)16(23-3)10-17(15)24-4/h5-10,12,20H,1-4H3,(H,21,22)/t12-/m0/s1. The van der Waals surface area contributed by atoms with E-state index in [1.165, 1.54) is 7.11 Å². The SMILES string of the molecule is COc1cc(OC)c(N[C@@H](C)C(=O)Nc2cccc(C)c2)cc1Cl. The average Bonchev–Trinajstić information content (AvgIpc) is 2.55. The van der Waals surface area contributed by atoms with Crippen LogP contribution in [-0.2, 0) is 4.79 Å². The molecule has 0 aromatic heterocycles. The van der Waals surface area contributed by atoms with Crippen LogP contribution in [0.15, 0.2) is 36.4 Å². The smallest absolute Gasteiger partial charge is 0.246 e. The number of benzene rings is 2. The predicted molar refractivity (Wildman–Crippen MR) is 97.4 cm³/mol. The lowest BCUT2D eigenvalue weighted by Gasteiger charge is -2.18. The highest BCUT2D eigenvalue weighted by Gasteiger charge is 2.17. The monoisotopic (exact) mass is 348 g/mol. The number of rotatable bonds is 6. The molecule has 1 atom stereocenters. The number of aryl methyl sites for hydroxylation is 1. The minimum Gasteiger partial charge on any atom is -0.495 e. The maximum atomic E-state index is 12.4. The zero-order valence-electron chi connectivity index (χ0n) is 14.1. The van der Waals surface area contributed by atoms with Crippen molar-refractivity contribution < 1.29 is 14.3 Å². The van der Waals surface area contributed by atoms with Crippen LogP contribution in [0.5, 0.6) is 11.5 Å². The Morgan fingerprint density at radius 1 is 1.12 bits per heavy atom. The first-order valence-electron chi connectivity index (χ1n) is 7.50. The molecule has 0 heterocycles. The van der Waals surface area contributed by atoms with Gasteiger partial charge in [-0.3, -0.25) is 4.79 Å². The van der Waals surface area contributed by atoms with E-state index in [4.69, 9.17) is 21.1 Å². The van der Waals surface area contributed by atoms with Crippen LogP contribution in [0.25, 0.3) is 0 Å². The van der Waals surface area contributed by atoms with Crippen LogP contribution in [0, 0.1) is 6.92 Å². The minimum absolute atomic E-state index is 0.158. The van der Waals surface area contributed by atoms with Crippen molar-refractivity contribution in [2.24, 2.45) is 0 Å². The molecular formula is C18H21ClN2O3. The second kappa shape index (κ2) is 7.93. The number of ether oxygens (including phenoxy) is 2. The Kier molecular flexibility index (Phi) is 5.93. The third kappa shape index (κ3) is 4.32. The Labute approximate surface area is 146 Å². The first-order valence-corrected chi connectivity index (χ1v) is 7.88. The summed E-state index contributed by atoms with van der Waals surface area (Å²) in [6.45, 7) is 3.74. The molecular weight excluding hydrogens is 328 g/mol. The van der Waals surface area contributed by atoms with Crippen LogP contribution in [0.4, 0.5) is 11.4 Å². The largest absolute Gasteiger partial charge is 0.495 e. The zero-order chi connectivity index (χ0) is 17.7. The molecule has 128 valence electrons. The van der Waals surface area contributed by atoms with E-state index in [0.717, 1.165) is 11.3 Å². The summed E-state index contributed by atoms with van der Waals surface area (Å²) in [4.78, 5) is 12.4. The van der Waals surface area contributed by atoms with E-state index < -0.39 is 6.04 Å². The van der Waals surface area contributed by atoms with Crippen molar-refractivity contribution in [2.45, 2.75) is 19.9 Å². The van der Waals surface area contributed by atoms with E-state index in [1.807, 2.05) is 31.2 Å². The zero-order valence-corrected chi connectivity index (χ0v) is 14.9. The summed E-state index contributed by atoms with van der Waals surface area (Å²) in [5, 5.41) is 6.43. The molecule has 0 aliphatic rings. The molecule has 2 N–H and O–H groups in total. The van der Waals surface area contributed by atoms with Gasteiger partial charge in [-0.2, -0.15) is 0 Å². The van der Waals surface area contributed by atoms with Crippen LogP contribution < -0.4 is 20.1 Å². The van der Waals surface area contributed by atoms with Crippen LogP contribution >= 0.6 is 11.6 Å². The van der Waals surface area contributed by atoms with E-state index in [2.05, 4.69) is 10.6 Å². The number of halogens is 1. The Morgan fingerprint density at radius 3 is 2.46 bits per heavy atom. The molecule has 0 fully saturated rings. The van der Waals surface area contributed by atoms with Gasteiger partial charge in [0.05, 0.1) is 24.9 Å². The first kappa shape index (κ1) is 17.9. The molecule has 0 bridgehead atoms. The summed E-state index contributed by atoms with van der Waals surface area (Å²) < 4.78 is 10.5. The Balaban J connectivity index is 2.12. The normalized spacial score (nSPS) is 11.5. The van der Waals surface area contributed by atoms with Gasteiger partial charge in [0.2, 0.25) is 5.91 Å². The molecule has 2 rings (SSSR count). The molecule has 0 spiro atoms. The van der Waals surface area contributed by atoms with Gasteiger partial charge >= 0.3 is 0 Å². The third-order valence-electron chi connectivity index (χ3n) is 3.52. The topological polar surface area (TPSA) is 59.6 Å². The number of carbonyl (C=O) groups excluding carboxylic acids is 1. The van der Waals surface area contributed by atoms with Gasteiger partial charge in [-0.25, -0.2) is 0 Å². The molecule has 5 nitrogen and oxygen atoms in total. The number of carbonyl (C=O) groups is 1. The fourth-order valence-electron chi connectivity index (χ4n) is 2.24. The summed E-state index contributed by atoms with van der Waals surface area (Å²) in [6.07, 6.45) is 0. The number of amides is 1. The molecule has 0 radical (unpaired) electrons. The lowest BCUT2D eigenvalue weighted by atomic mass is 10.2. The van der Waals surface area contributed by atoms with E-state index in [1.54, 1.807) is 26.2 Å². The molecule has 2 aromatic carbocycles. The Morgan fingerprint density at radius 2 is 1.83 bits per heavy atom. The van der Waals surface area contributed by atoms with Crippen molar-refractivity contribution in [1.29, 1.82) is 0 Å². The van der Waals surface area contributed by atoms with Gasteiger partial charge in [0.25, 0.3) is 0 Å². The highest BCUT2D eigenvalue weighted by Crippen LogP contribution is 2.36. The van der Waals surface area contributed by atoms with E-state index in [-0.39, 0.29) is 5.91 Å². The van der Waals surface area contributed by atoms with Crippen molar-refractivity contribution in [3.8, 4) is 11.5 Å². The lowest BCUT2D eigenvalue weighted by molar-refractivity contribution is -0.116. The van der Waals surface area contributed by atoms with E-state index in [9.17, 15) is 4.79 Å². The fraction of sp³-hybridized carbons (Fsp3) is 0.278. The van der Waals surface area contributed by atoms with Crippen LogP contribution in [0.1, 0.15) is 12.5 Å². The summed E-state index contributed by atoms with van der Waals surface area (Å²) in [5.74, 6) is 0.900. The van der Waals surface area contributed by atoms with Crippen molar-refractivity contribution in [1.82, 2.24) is 0 Å². The highest BCUT2D eigenvalue weighted by atomic mass is 35.5. The number of nitrogens with one attached hydrogen (secondary N) is 2. The second-order valence-electron chi connectivity index (χ2n) is 5.41. The van der Waals surface area contributed by atoms with Gasteiger partial charge in [0.15, 0.2) is 0 Å². The maximum absolute atomic E-state index is 12.4. The summed E-state index contributed by atoms with van der Waals surface area (Å²) in [6, 6.07) is 10.5. The van der Waals surface area contributed by atoms with Crippen LogP contribution in [0.3, 0.4) is 0 Å². The van der Waals surface area contributed by atoms with Crippen molar-refractivity contribution in [2.75, 3.05) is 24.9 Å². The second-order valence-corrected chi connectivity index (χ2v) is 5.82. The third-order valence-corrected chi connectivity index (χ3v) is 3.82. The van der Waals surface area contributed by atoms with Crippen LogP contribution in [-0.4, -0.2) is 26.2 Å². The van der Waals surface area contributed by atoms with Gasteiger partial charge in [0, 0.05) is 11.8 Å². The predicted octanol–water partition coefficient (Wildman–Crippen LogP) is 4.10. The number of anilines is 2. The molecule has 2 aromatic rings. The van der Waals surface area contributed by atoms with Crippen LogP contribution in [0.2, 0.25) is 5.02 Å². The van der Waals surface area contributed by atoms with Crippen molar-refractivity contribution in [3.63, 3.8) is 0 Å². The lowest BCUT2D eigenvalue weighted by Crippen LogP contribution is -2.32. The van der Waals surface area contributed by atoms with Gasteiger partial charge in [0.1, 0.15) is 17.5 Å².